The summed E-state index contributed by atoms with van der Waals surface area (Å²) in [6.07, 6.45) is 0. The molecule has 3 nitrogen and oxygen atoms in total. The summed E-state index contributed by atoms with van der Waals surface area (Å²) < 4.78 is 0. The molecule has 0 amide bonds. The van der Waals surface area contributed by atoms with E-state index in [1.807, 2.05) is 31.2 Å². The van der Waals surface area contributed by atoms with Crippen molar-refractivity contribution < 1.29 is 9.90 Å². The van der Waals surface area contributed by atoms with Crippen LogP contribution in [0.1, 0.15) is 17.5 Å². The third-order valence-electron chi connectivity index (χ3n) is 2.79. The Balaban J connectivity index is 2.16. The van der Waals surface area contributed by atoms with Crippen LogP contribution >= 0.6 is 23.1 Å². The van der Waals surface area contributed by atoms with Gasteiger partial charge in [-0.2, -0.15) is 0 Å². The second-order valence-corrected chi connectivity index (χ2v) is 6.90. The first-order valence-corrected chi connectivity index (χ1v) is 7.61. The number of hydrogen-bond acceptors (Lipinski definition) is 4. The number of carboxylic acid groups (broad SMARTS) is 1. The van der Waals surface area contributed by atoms with Gasteiger partial charge in [0, 0.05) is 15.3 Å². The Labute approximate surface area is 120 Å². The van der Waals surface area contributed by atoms with Gasteiger partial charge in [0.05, 0.1) is 5.69 Å². The van der Waals surface area contributed by atoms with Gasteiger partial charge >= 0.3 is 5.97 Å². The van der Waals surface area contributed by atoms with Crippen LogP contribution in [0.25, 0.3) is 10.6 Å². The van der Waals surface area contributed by atoms with Gasteiger partial charge in [-0.15, -0.1) is 23.1 Å². The lowest BCUT2D eigenvalue weighted by Gasteiger charge is -2.06. The molecule has 0 spiro atoms. The molecule has 1 heterocycles. The minimum atomic E-state index is -0.791. The molecule has 0 radical (unpaired) electrons. The van der Waals surface area contributed by atoms with E-state index in [1.165, 1.54) is 16.6 Å². The minimum absolute atomic E-state index is 0.435. The SMILES string of the molecule is Cc1nc(-c2ccc(SC(C)C(=O)O)cc2)sc1C. The molecule has 1 unspecified atom stereocenters. The molecule has 1 aromatic heterocycles. The van der Waals surface area contributed by atoms with Gasteiger partial charge in [0.15, 0.2) is 0 Å². The van der Waals surface area contributed by atoms with Crippen LogP contribution in [-0.4, -0.2) is 21.3 Å². The average molecular weight is 293 g/mol. The molecule has 1 aromatic carbocycles. The lowest BCUT2D eigenvalue weighted by Crippen LogP contribution is -2.10. The number of hydrogen-bond donors (Lipinski definition) is 1. The van der Waals surface area contributed by atoms with Gasteiger partial charge < -0.3 is 5.11 Å². The number of carboxylic acids is 1. The Morgan fingerprint density at radius 1 is 1.32 bits per heavy atom. The van der Waals surface area contributed by atoms with Crippen LogP contribution in [0.5, 0.6) is 0 Å². The van der Waals surface area contributed by atoms with E-state index < -0.39 is 11.2 Å². The Morgan fingerprint density at radius 3 is 2.42 bits per heavy atom. The first-order chi connectivity index (χ1) is 8.97. The fraction of sp³-hybridized carbons (Fsp3) is 0.286. The smallest absolute Gasteiger partial charge is 0.316 e. The summed E-state index contributed by atoms with van der Waals surface area (Å²) in [6, 6.07) is 7.89. The van der Waals surface area contributed by atoms with Crippen LogP contribution in [0.4, 0.5) is 0 Å². The molecule has 5 heteroatoms. The van der Waals surface area contributed by atoms with Crippen molar-refractivity contribution in [2.24, 2.45) is 0 Å². The first kappa shape index (κ1) is 14.1. The highest BCUT2D eigenvalue weighted by molar-refractivity contribution is 8.00. The van der Waals surface area contributed by atoms with Crippen LogP contribution in [0, 0.1) is 13.8 Å². The standard InChI is InChI=1S/C14H15NO2S2/c1-8-9(2)19-13(15-8)11-4-6-12(7-5-11)18-10(3)14(16)17/h4-7,10H,1-3H3,(H,16,17). The van der Waals surface area contributed by atoms with E-state index in [0.29, 0.717) is 0 Å². The van der Waals surface area contributed by atoms with Gasteiger partial charge in [0.25, 0.3) is 0 Å². The van der Waals surface area contributed by atoms with Gasteiger partial charge in [0.2, 0.25) is 0 Å². The number of aromatic nitrogens is 1. The quantitative estimate of drug-likeness (QED) is 0.866. The summed E-state index contributed by atoms with van der Waals surface area (Å²) in [5.74, 6) is -0.791. The molecule has 1 atom stereocenters. The molecule has 0 aliphatic rings. The molecule has 0 bridgehead atoms. The maximum atomic E-state index is 10.8. The summed E-state index contributed by atoms with van der Waals surface area (Å²) in [6.45, 7) is 5.76. The van der Waals surface area contributed by atoms with E-state index in [4.69, 9.17) is 5.11 Å². The molecular formula is C14H15NO2S2. The predicted octanol–water partition coefficient (Wildman–Crippen LogP) is 3.99. The molecule has 2 aromatic rings. The van der Waals surface area contributed by atoms with E-state index >= 15 is 0 Å². The number of thioether (sulfide) groups is 1. The van der Waals surface area contributed by atoms with Crippen LogP contribution in [0.15, 0.2) is 29.2 Å². The van der Waals surface area contributed by atoms with E-state index in [-0.39, 0.29) is 0 Å². The highest BCUT2D eigenvalue weighted by Crippen LogP contribution is 2.30. The Kier molecular flexibility index (Phi) is 4.27. The highest BCUT2D eigenvalue weighted by atomic mass is 32.2. The van der Waals surface area contributed by atoms with Gasteiger partial charge in [-0.25, -0.2) is 4.98 Å². The fourth-order valence-corrected chi connectivity index (χ4v) is 3.25. The number of aliphatic carboxylic acids is 1. The molecule has 0 fully saturated rings. The maximum Gasteiger partial charge on any atom is 0.316 e. The lowest BCUT2D eigenvalue weighted by atomic mass is 10.2. The van der Waals surface area contributed by atoms with Crippen molar-refractivity contribution in [3.8, 4) is 10.6 Å². The van der Waals surface area contributed by atoms with Gasteiger partial charge in [0.1, 0.15) is 10.3 Å². The second-order valence-electron chi connectivity index (χ2n) is 4.28. The van der Waals surface area contributed by atoms with Crippen molar-refractivity contribution in [3.63, 3.8) is 0 Å². The number of rotatable bonds is 4. The zero-order valence-corrected chi connectivity index (χ0v) is 12.6. The van der Waals surface area contributed by atoms with E-state index in [2.05, 4.69) is 11.9 Å². The zero-order chi connectivity index (χ0) is 14.0. The Morgan fingerprint density at radius 2 is 1.95 bits per heavy atom. The van der Waals surface area contributed by atoms with Gasteiger partial charge in [-0.05, 0) is 32.9 Å². The summed E-state index contributed by atoms with van der Waals surface area (Å²) in [5.41, 5.74) is 2.14. The van der Waals surface area contributed by atoms with Gasteiger partial charge in [-0.1, -0.05) is 12.1 Å². The summed E-state index contributed by atoms with van der Waals surface area (Å²) in [5, 5.41) is 9.46. The van der Waals surface area contributed by atoms with Crippen LogP contribution in [0.2, 0.25) is 0 Å². The monoisotopic (exact) mass is 293 g/mol. The Bertz CT molecular complexity index is 570. The van der Waals surface area contributed by atoms with Crippen LogP contribution < -0.4 is 0 Å². The normalized spacial score (nSPS) is 12.4. The summed E-state index contributed by atoms with van der Waals surface area (Å²) >= 11 is 3.03. The first-order valence-electron chi connectivity index (χ1n) is 5.91. The molecule has 0 saturated carbocycles. The number of benzene rings is 1. The average Bonchev–Trinajstić information content (AvgIpc) is 2.70. The Hall–Kier alpha value is -1.33. The molecule has 0 aliphatic heterocycles. The van der Waals surface area contributed by atoms with Crippen LogP contribution in [0.3, 0.4) is 0 Å². The minimum Gasteiger partial charge on any atom is -0.480 e. The van der Waals surface area contributed by atoms with E-state index in [1.54, 1.807) is 18.3 Å². The summed E-state index contributed by atoms with van der Waals surface area (Å²) in [4.78, 5) is 17.5. The molecule has 2 rings (SSSR count). The van der Waals surface area contributed by atoms with Crippen LogP contribution in [-0.2, 0) is 4.79 Å². The number of thiazole rings is 1. The van der Waals surface area contributed by atoms with Crippen molar-refractivity contribution in [2.75, 3.05) is 0 Å². The molecule has 0 saturated heterocycles. The molecule has 1 N–H and O–H groups in total. The third kappa shape index (κ3) is 3.36. The van der Waals surface area contributed by atoms with E-state index in [9.17, 15) is 4.79 Å². The number of carbonyl (C=O) groups is 1. The van der Waals surface area contributed by atoms with Gasteiger partial charge in [-0.3, -0.25) is 4.79 Å². The van der Waals surface area contributed by atoms with Crippen molar-refractivity contribution in [2.45, 2.75) is 30.9 Å². The molecule has 100 valence electrons. The lowest BCUT2D eigenvalue weighted by molar-refractivity contribution is -0.136. The molecule has 19 heavy (non-hydrogen) atoms. The highest BCUT2D eigenvalue weighted by Gasteiger charge is 2.12. The molecular weight excluding hydrogens is 278 g/mol. The van der Waals surface area contributed by atoms with Crippen molar-refractivity contribution in [3.05, 3.63) is 34.8 Å². The maximum absolute atomic E-state index is 10.8. The summed E-state index contributed by atoms with van der Waals surface area (Å²) in [7, 11) is 0. The van der Waals surface area contributed by atoms with Crippen molar-refractivity contribution >= 4 is 29.1 Å². The number of aryl methyl sites for hydroxylation is 2. The topological polar surface area (TPSA) is 50.2 Å². The van der Waals surface area contributed by atoms with E-state index in [0.717, 1.165) is 21.2 Å². The van der Waals surface area contributed by atoms with Crippen molar-refractivity contribution in [1.29, 1.82) is 0 Å². The zero-order valence-electron chi connectivity index (χ0n) is 11.0. The third-order valence-corrected chi connectivity index (χ3v) is 5.01. The molecule has 0 aliphatic carbocycles. The second kappa shape index (κ2) is 5.75. The fourth-order valence-electron chi connectivity index (χ4n) is 1.53. The number of nitrogens with zero attached hydrogens (tertiary/aromatic N) is 1. The largest absolute Gasteiger partial charge is 0.480 e. The predicted molar refractivity (Wildman–Crippen MR) is 80.0 cm³/mol. The van der Waals surface area contributed by atoms with Crippen molar-refractivity contribution in [1.82, 2.24) is 4.98 Å².